The Labute approximate surface area is 93.6 Å². The molecule has 1 saturated carbocycles. The number of rotatable bonds is 8. The Morgan fingerprint density at radius 3 is 2.60 bits per heavy atom. The van der Waals surface area contributed by atoms with Gasteiger partial charge in [0.2, 0.25) is 0 Å². The van der Waals surface area contributed by atoms with Gasteiger partial charge in [-0.05, 0) is 38.1 Å². The molecule has 0 radical (unpaired) electrons. The van der Waals surface area contributed by atoms with Crippen molar-refractivity contribution in [2.45, 2.75) is 45.6 Å². The second-order valence-corrected chi connectivity index (χ2v) is 7.14. The molecule has 1 atom stereocenters. The van der Waals surface area contributed by atoms with E-state index in [-0.39, 0.29) is 5.75 Å². The summed E-state index contributed by atoms with van der Waals surface area (Å²) in [5.74, 6) is 1.23. The van der Waals surface area contributed by atoms with Gasteiger partial charge in [0.05, 0.1) is 5.75 Å². The quantitative estimate of drug-likeness (QED) is 0.692. The van der Waals surface area contributed by atoms with Crippen LogP contribution in [0.2, 0.25) is 0 Å². The summed E-state index contributed by atoms with van der Waals surface area (Å²) < 4.78 is 22.5. The minimum Gasteiger partial charge on any atom is -0.314 e. The molecule has 0 heterocycles. The van der Waals surface area contributed by atoms with Crippen LogP contribution >= 0.6 is 0 Å². The van der Waals surface area contributed by atoms with Gasteiger partial charge in [0.15, 0.2) is 0 Å². The molecule has 0 amide bonds. The summed E-state index contributed by atoms with van der Waals surface area (Å²) in [4.78, 5) is 0. The second kappa shape index (κ2) is 5.85. The Morgan fingerprint density at radius 1 is 1.40 bits per heavy atom. The highest BCUT2D eigenvalue weighted by molar-refractivity contribution is 7.91. The Balaban J connectivity index is 2.02. The summed E-state index contributed by atoms with van der Waals surface area (Å²) in [5.41, 5.74) is 0. The monoisotopic (exact) mass is 233 g/mol. The van der Waals surface area contributed by atoms with Crippen LogP contribution in [0.25, 0.3) is 0 Å². The predicted octanol–water partition coefficient (Wildman–Crippen LogP) is 1.59. The average molecular weight is 233 g/mol. The molecule has 0 saturated heterocycles. The van der Waals surface area contributed by atoms with Gasteiger partial charge < -0.3 is 5.32 Å². The van der Waals surface area contributed by atoms with Gasteiger partial charge >= 0.3 is 0 Å². The number of nitrogens with one attached hydrogen (secondary N) is 1. The van der Waals surface area contributed by atoms with Crippen LogP contribution in [0.3, 0.4) is 0 Å². The van der Waals surface area contributed by atoms with Gasteiger partial charge in [-0.25, -0.2) is 8.42 Å². The van der Waals surface area contributed by atoms with Crippen LogP contribution < -0.4 is 5.32 Å². The third-order valence-corrected chi connectivity index (χ3v) is 4.71. The second-order valence-electron chi connectivity index (χ2n) is 4.67. The van der Waals surface area contributed by atoms with Crippen molar-refractivity contribution in [3.63, 3.8) is 0 Å². The van der Waals surface area contributed by atoms with E-state index >= 15 is 0 Å². The normalized spacial score (nSPS) is 19.1. The molecule has 0 spiro atoms. The molecule has 1 aliphatic carbocycles. The third kappa shape index (κ3) is 6.15. The van der Waals surface area contributed by atoms with E-state index in [4.69, 9.17) is 0 Å². The van der Waals surface area contributed by atoms with E-state index in [9.17, 15) is 8.42 Å². The highest BCUT2D eigenvalue weighted by atomic mass is 32.2. The summed E-state index contributed by atoms with van der Waals surface area (Å²) in [6.45, 7) is 4.94. The Bertz CT molecular complexity index is 270. The number of sulfone groups is 1. The van der Waals surface area contributed by atoms with E-state index in [1.807, 2.05) is 0 Å². The zero-order valence-corrected chi connectivity index (χ0v) is 10.6. The van der Waals surface area contributed by atoms with Crippen LogP contribution in [-0.4, -0.2) is 32.5 Å². The molecule has 0 aromatic carbocycles. The first-order chi connectivity index (χ1) is 7.03. The smallest absolute Gasteiger partial charge is 0.150 e. The lowest BCUT2D eigenvalue weighted by Gasteiger charge is -2.11. The van der Waals surface area contributed by atoms with Crippen LogP contribution in [0.4, 0.5) is 0 Å². The van der Waals surface area contributed by atoms with E-state index in [0.717, 1.165) is 25.4 Å². The van der Waals surface area contributed by atoms with E-state index in [0.29, 0.717) is 11.7 Å². The molecular weight excluding hydrogens is 210 g/mol. The van der Waals surface area contributed by atoms with Gasteiger partial charge in [-0.15, -0.1) is 0 Å². The van der Waals surface area contributed by atoms with Crippen molar-refractivity contribution in [1.29, 1.82) is 0 Å². The van der Waals surface area contributed by atoms with Crippen LogP contribution in [-0.2, 0) is 9.84 Å². The van der Waals surface area contributed by atoms with Crippen LogP contribution in [0.5, 0.6) is 0 Å². The highest BCUT2D eigenvalue weighted by Crippen LogP contribution is 2.19. The number of hydrogen-bond donors (Lipinski definition) is 1. The van der Waals surface area contributed by atoms with E-state index < -0.39 is 9.84 Å². The molecule has 15 heavy (non-hydrogen) atoms. The lowest BCUT2D eigenvalue weighted by molar-refractivity contribution is 0.473. The molecule has 1 rings (SSSR count). The Morgan fingerprint density at radius 2 is 2.07 bits per heavy atom. The standard InChI is InChI=1S/C11H23NO2S/c1-3-15(13,14)8-4-5-10(2)9-12-11-6-7-11/h10-12H,3-9H2,1-2H3. The van der Waals surface area contributed by atoms with Crippen LogP contribution in [0.15, 0.2) is 0 Å². The zero-order valence-electron chi connectivity index (χ0n) is 9.83. The van der Waals surface area contributed by atoms with Gasteiger partial charge in [0.1, 0.15) is 9.84 Å². The highest BCUT2D eigenvalue weighted by Gasteiger charge is 2.20. The van der Waals surface area contributed by atoms with Crippen molar-refractivity contribution >= 4 is 9.84 Å². The fourth-order valence-corrected chi connectivity index (χ4v) is 2.45. The Kier molecular flexibility index (Phi) is 5.06. The van der Waals surface area contributed by atoms with E-state index in [2.05, 4.69) is 12.2 Å². The Hall–Kier alpha value is -0.0900. The lowest BCUT2D eigenvalue weighted by atomic mass is 10.1. The van der Waals surface area contributed by atoms with Gasteiger partial charge in [-0.1, -0.05) is 13.8 Å². The zero-order chi connectivity index (χ0) is 11.3. The van der Waals surface area contributed by atoms with Crippen molar-refractivity contribution in [3.8, 4) is 0 Å². The first kappa shape index (κ1) is 13.0. The molecule has 1 aliphatic rings. The van der Waals surface area contributed by atoms with Crippen LogP contribution in [0, 0.1) is 5.92 Å². The van der Waals surface area contributed by atoms with E-state index in [1.165, 1.54) is 12.8 Å². The first-order valence-electron chi connectivity index (χ1n) is 5.97. The van der Waals surface area contributed by atoms with Crippen molar-refractivity contribution in [2.24, 2.45) is 5.92 Å². The minimum atomic E-state index is -2.75. The SMILES string of the molecule is CCS(=O)(=O)CCCC(C)CNC1CC1. The van der Waals surface area contributed by atoms with Gasteiger partial charge in [0.25, 0.3) is 0 Å². The predicted molar refractivity (Wildman–Crippen MR) is 63.8 cm³/mol. The largest absolute Gasteiger partial charge is 0.314 e. The summed E-state index contributed by atoms with van der Waals surface area (Å²) in [6, 6.07) is 0.756. The fourth-order valence-electron chi connectivity index (χ4n) is 1.55. The summed E-state index contributed by atoms with van der Waals surface area (Å²) >= 11 is 0. The lowest BCUT2D eigenvalue weighted by Crippen LogP contribution is -2.23. The topological polar surface area (TPSA) is 46.2 Å². The summed E-state index contributed by atoms with van der Waals surface area (Å²) in [7, 11) is -2.75. The number of hydrogen-bond acceptors (Lipinski definition) is 3. The van der Waals surface area contributed by atoms with Gasteiger partial charge in [-0.3, -0.25) is 0 Å². The van der Waals surface area contributed by atoms with Crippen LogP contribution in [0.1, 0.15) is 39.5 Å². The average Bonchev–Trinajstić information content (AvgIpc) is 2.98. The summed E-state index contributed by atoms with van der Waals surface area (Å²) in [5, 5.41) is 3.47. The molecular formula is C11H23NO2S. The van der Waals surface area contributed by atoms with Crippen molar-refractivity contribution in [3.05, 3.63) is 0 Å². The maximum atomic E-state index is 11.2. The van der Waals surface area contributed by atoms with E-state index in [1.54, 1.807) is 6.92 Å². The van der Waals surface area contributed by atoms with Gasteiger partial charge in [0, 0.05) is 11.8 Å². The molecule has 1 N–H and O–H groups in total. The molecule has 0 bridgehead atoms. The molecule has 0 aromatic heterocycles. The van der Waals surface area contributed by atoms with Gasteiger partial charge in [-0.2, -0.15) is 0 Å². The van der Waals surface area contributed by atoms with Crippen molar-refractivity contribution in [1.82, 2.24) is 5.32 Å². The molecule has 1 fully saturated rings. The molecule has 0 aliphatic heterocycles. The molecule has 4 heteroatoms. The molecule has 3 nitrogen and oxygen atoms in total. The fraction of sp³-hybridized carbons (Fsp3) is 1.00. The maximum Gasteiger partial charge on any atom is 0.150 e. The maximum absolute atomic E-state index is 11.2. The minimum absolute atomic E-state index is 0.279. The first-order valence-corrected chi connectivity index (χ1v) is 7.79. The molecule has 0 aromatic rings. The van der Waals surface area contributed by atoms with Crippen molar-refractivity contribution in [2.75, 3.05) is 18.1 Å². The van der Waals surface area contributed by atoms with Crippen molar-refractivity contribution < 1.29 is 8.42 Å². The molecule has 90 valence electrons. The molecule has 1 unspecified atom stereocenters. The third-order valence-electron chi connectivity index (χ3n) is 2.92. The summed E-state index contributed by atoms with van der Waals surface area (Å²) in [6.07, 6.45) is 4.45.